The Hall–Kier alpha value is -1.13. The third kappa shape index (κ3) is 3.74. The van der Waals surface area contributed by atoms with Gasteiger partial charge in [0.1, 0.15) is 0 Å². The molecule has 0 N–H and O–H groups in total. The molecule has 1 aliphatic rings. The quantitative estimate of drug-likeness (QED) is 0.719. The number of nitrogens with zero attached hydrogens (tertiary/aromatic N) is 1. The van der Waals surface area contributed by atoms with Crippen molar-refractivity contribution in [2.24, 2.45) is 0 Å². The van der Waals surface area contributed by atoms with Crippen LogP contribution < -0.4 is 0 Å². The van der Waals surface area contributed by atoms with Gasteiger partial charge in [0.2, 0.25) is 10.0 Å². The third-order valence-electron chi connectivity index (χ3n) is 4.11. The summed E-state index contributed by atoms with van der Waals surface area (Å²) in [4.78, 5) is 0.399. The molecule has 0 amide bonds. The number of benzene rings is 1. The second-order valence-electron chi connectivity index (χ2n) is 5.70. The maximum absolute atomic E-state index is 12.9. The molecule has 0 heterocycles. The first-order valence-corrected chi connectivity index (χ1v) is 9.25. The van der Waals surface area contributed by atoms with Crippen molar-refractivity contribution in [3.8, 4) is 0 Å². The smallest absolute Gasteiger partial charge is 0.207 e. The predicted octanol–water partition coefficient (Wildman–Crippen LogP) is 3.76. The van der Waals surface area contributed by atoms with Gasteiger partial charge in [0.05, 0.1) is 4.90 Å². The summed E-state index contributed by atoms with van der Waals surface area (Å²) >= 11 is 0. The van der Waals surface area contributed by atoms with Crippen LogP contribution >= 0.6 is 0 Å². The molecule has 0 spiro atoms. The van der Waals surface area contributed by atoms with Crippen molar-refractivity contribution in [2.45, 2.75) is 56.4 Å². The highest BCUT2D eigenvalue weighted by Gasteiger charge is 2.32. The minimum Gasteiger partial charge on any atom is -0.207 e. The third-order valence-corrected chi connectivity index (χ3v) is 6.04. The summed E-state index contributed by atoms with van der Waals surface area (Å²) < 4.78 is 27.3. The van der Waals surface area contributed by atoms with Gasteiger partial charge in [0.15, 0.2) is 0 Å². The van der Waals surface area contributed by atoms with Crippen LogP contribution in [0.2, 0.25) is 0 Å². The number of hydrogen-bond donors (Lipinski definition) is 0. The van der Waals surface area contributed by atoms with Crippen LogP contribution in [0.3, 0.4) is 0 Å². The van der Waals surface area contributed by atoms with Crippen molar-refractivity contribution < 1.29 is 8.42 Å². The van der Waals surface area contributed by atoms with E-state index in [-0.39, 0.29) is 6.04 Å². The van der Waals surface area contributed by atoms with E-state index in [0.29, 0.717) is 11.4 Å². The molecule has 0 atom stereocenters. The topological polar surface area (TPSA) is 37.4 Å². The predicted molar refractivity (Wildman–Crippen MR) is 86.8 cm³/mol. The zero-order valence-corrected chi connectivity index (χ0v) is 13.6. The van der Waals surface area contributed by atoms with Crippen LogP contribution in [0, 0.1) is 0 Å². The minimum absolute atomic E-state index is 0.128. The molecule has 1 aromatic carbocycles. The van der Waals surface area contributed by atoms with Gasteiger partial charge in [0, 0.05) is 12.6 Å². The maximum Gasteiger partial charge on any atom is 0.243 e. The van der Waals surface area contributed by atoms with Crippen molar-refractivity contribution in [1.82, 2.24) is 4.31 Å². The summed E-state index contributed by atoms with van der Waals surface area (Å²) in [7, 11) is -3.42. The molecular formula is C17H25NO2S. The van der Waals surface area contributed by atoms with Gasteiger partial charge >= 0.3 is 0 Å². The molecule has 0 aliphatic heterocycles. The summed E-state index contributed by atoms with van der Waals surface area (Å²) in [5.74, 6) is 0. The lowest BCUT2D eigenvalue weighted by atomic mass is 10.1. The van der Waals surface area contributed by atoms with Gasteiger partial charge < -0.3 is 0 Å². The SMILES string of the molecule is C=CCN(C1CCCC1)S(=O)(=O)c1ccc(CCC)cc1. The van der Waals surface area contributed by atoms with E-state index in [9.17, 15) is 8.42 Å². The molecule has 1 saturated carbocycles. The largest absolute Gasteiger partial charge is 0.243 e. The molecule has 116 valence electrons. The fourth-order valence-corrected chi connectivity index (χ4v) is 4.67. The zero-order chi connectivity index (χ0) is 15.3. The highest BCUT2D eigenvalue weighted by Crippen LogP contribution is 2.28. The molecule has 0 aromatic heterocycles. The van der Waals surface area contributed by atoms with Gasteiger partial charge in [0.25, 0.3) is 0 Å². The average molecular weight is 307 g/mol. The van der Waals surface area contributed by atoms with Crippen molar-refractivity contribution in [2.75, 3.05) is 6.54 Å². The lowest BCUT2D eigenvalue weighted by Crippen LogP contribution is -2.38. The lowest BCUT2D eigenvalue weighted by Gasteiger charge is -2.27. The summed E-state index contributed by atoms with van der Waals surface area (Å²) in [6.45, 7) is 6.23. The van der Waals surface area contributed by atoms with E-state index in [2.05, 4.69) is 13.5 Å². The summed E-state index contributed by atoms with van der Waals surface area (Å²) in [6, 6.07) is 7.47. The van der Waals surface area contributed by atoms with E-state index < -0.39 is 10.0 Å². The fourth-order valence-electron chi connectivity index (χ4n) is 3.02. The van der Waals surface area contributed by atoms with E-state index in [1.807, 2.05) is 12.1 Å². The molecule has 0 unspecified atom stereocenters. The molecule has 0 radical (unpaired) electrons. The first-order valence-electron chi connectivity index (χ1n) is 7.81. The first kappa shape index (κ1) is 16.2. The Morgan fingerprint density at radius 3 is 2.38 bits per heavy atom. The van der Waals surface area contributed by atoms with Gasteiger partial charge in [-0.25, -0.2) is 8.42 Å². The van der Waals surface area contributed by atoms with Gasteiger partial charge in [-0.15, -0.1) is 6.58 Å². The number of sulfonamides is 1. The molecule has 1 aromatic rings. The van der Waals surface area contributed by atoms with Crippen molar-refractivity contribution in [3.05, 3.63) is 42.5 Å². The lowest BCUT2D eigenvalue weighted by molar-refractivity contribution is 0.347. The Bertz CT molecular complexity index is 557. The molecule has 1 aliphatic carbocycles. The zero-order valence-electron chi connectivity index (χ0n) is 12.8. The average Bonchev–Trinajstić information content (AvgIpc) is 2.99. The molecule has 0 bridgehead atoms. The summed E-state index contributed by atoms with van der Waals surface area (Å²) in [5.41, 5.74) is 1.19. The van der Waals surface area contributed by atoms with Crippen molar-refractivity contribution in [3.63, 3.8) is 0 Å². The Morgan fingerprint density at radius 1 is 1.24 bits per heavy atom. The Balaban J connectivity index is 2.26. The fraction of sp³-hybridized carbons (Fsp3) is 0.529. The van der Waals surface area contributed by atoms with Crippen molar-refractivity contribution >= 4 is 10.0 Å². The van der Waals surface area contributed by atoms with Crippen LogP contribution in [0.5, 0.6) is 0 Å². The Labute approximate surface area is 128 Å². The van der Waals surface area contributed by atoms with E-state index in [1.54, 1.807) is 22.5 Å². The first-order chi connectivity index (χ1) is 10.1. The molecule has 2 rings (SSSR count). The Kier molecular flexibility index (Phi) is 5.59. The standard InChI is InChI=1S/C17H25NO2S/c1-3-7-15-10-12-17(13-11-15)21(19,20)18(14-4-2)16-8-5-6-9-16/h4,10-13,16H,2-3,5-9,14H2,1H3. The van der Waals surface area contributed by atoms with Crippen LogP contribution in [0.25, 0.3) is 0 Å². The maximum atomic E-state index is 12.9. The van der Waals surface area contributed by atoms with Gasteiger partial charge in [-0.3, -0.25) is 0 Å². The Morgan fingerprint density at radius 2 is 1.86 bits per heavy atom. The van der Waals surface area contributed by atoms with Crippen molar-refractivity contribution in [1.29, 1.82) is 0 Å². The molecule has 21 heavy (non-hydrogen) atoms. The van der Waals surface area contributed by atoms with Gasteiger partial charge in [-0.05, 0) is 37.0 Å². The molecular weight excluding hydrogens is 282 g/mol. The molecule has 4 heteroatoms. The van der Waals surface area contributed by atoms with E-state index in [0.717, 1.165) is 38.5 Å². The number of hydrogen-bond acceptors (Lipinski definition) is 2. The van der Waals surface area contributed by atoms with E-state index in [1.165, 1.54) is 5.56 Å². The van der Waals surface area contributed by atoms with Crippen LogP contribution in [-0.4, -0.2) is 25.3 Å². The number of aryl methyl sites for hydroxylation is 1. The highest BCUT2D eigenvalue weighted by atomic mass is 32.2. The van der Waals surface area contributed by atoms with Crippen LogP contribution in [0.15, 0.2) is 41.8 Å². The van der Waals surface area contributed by atoms with Crippen LogP contribution in [-0.2, 0) is 16.4 Å². The molecule has 3 nitrogen and oxygen atoms in total. The van der Waals surface area contributed by atoms with Crippen LogP contribution in [0.4, 0.5) is 0 Å². The van der Waals surface area contributed by atoms with E-state index in [4.69, 9.17) is 0 Å². The highest BCUT2D eigenvalue weighted by molar-refractivity contribution is 7.89. The molecule has 1 fully saturated rings. The van der Waals surface area contributed by atoms with Gasteiger partial charge in [-0.2, -0.15) is 4.31 Å². The summed E-state index contributed by atoms with van der Waals surface area (Å²) in [5, 5.41) is 0. The van der Waals surface area contributed by atoms with E-state index >= 15 is 0 Å². The summed E-state index contributed by atoms with van der Waals surface area (Å²) in [6.07, 6.45) is 7.88. The monoisotopic (exact) mass is 307 g/mol. The minimum atomic E-state index is -3.42. The normalized spacial score (nSPS) is 16.5. The molecule has 0 saturated heterocycles. The number of rotatable bonds is 7. The second kappa shape index (κ2) is 7.23. The second-order valence-corrected chi connectivity index (χ2v) is 7.59. The van der Waals surface area contributed by atoms with Crippen LogP contribution in [0.1, 0.15) is 44.6 Å². The van der Waals surface area contributed by atoms with Gasteiger partial charge in [-0.1, -0.05) is 44.4 Å².